The summed E-state index contributed by atoms with van der Waals surface area (Å²) in [4.78, 5) is 12.3. The molecule has 1 rings (SSSR count). The minimum absolute atomic E-state index is 0.0291. The second-order valence-electron chi connectivity index (χ2n) is 5.08. The molecule has 19 heavy (non-hydrogen) atoms. The van der Waals surface area contributed by atoms with Gasteiger partial charge in [0.05, 0.1) is 5.56 Å². The van der Waals surface area contributed by atoms with Crippen LogP contribution in [0.4, 0.5) is 0 Å². The number of carbonyl (C=O) groups excluding carboxylic acids is 1. The fourth-order valence-electron chi connectivity index (χ4n) is 2.16. The van der Waals surface area contributed by atoms with Gasteiger partial charge in [0.15, 0.2) is 0 Å². The Kier molecular flexibility index (Phi) is 7.14. The highest BCUT2D eigenvalue weighted by atomic mass is 79.9. The zero-order chi connectivity index (χ0) is 14.3. The molecule has 0 bridgehead atoms. The first kappa shape index (κ1) is 16.2. The Morgan fingerprint density at radius 2 is 2.00 bits per heavy atom. The van der Waals surface area contributed by atoms with Gasteiger partial charge in [-0.25, -0.2) is 0 Å². The van der Waals surface area contributed by atoms with Crippen LogP contribution in [0.1, 0.15) is 61.9 Å². The third-order valence-corrected chi connectivity index (χ3v) is 3.90. The first-order chi connectivity index (χ1) is 9.08. The molecule has 0 fully saturated rings. The Morgan fingerprint density at radius 1 is 1.26 bits per heavy atom. The molecule has 0 saturated heterocycles. The van der Waals surface area contributed by atoms with E-state index in [1.165, 1.54) is 12.8 Å². The molecule has 1 aromatic rings. The normalized spacial score (nSPS) is 12.2. The molecular weight excluding hydrogens is 302 g/mol. The van der Waals surface area contributed by atoms with E-state index in [9.17, 15) is 4.79 Å². The van der Waals surface area contributed by atoms with Gasteiger partial charge >= 0.3 is 0 Å². The van der Waals surface area contributed by atoms with Gasteiger partial charge in [-0.15, -0.1) is 0 Å². The molecule has 3 heteroatoms. The van der Waals surface area contributed by atoms with Crippen LogP contribution in [-0.2, 0) is 0 Å². The van der Waals surface area contributed by atoms with Gasteiger partial charge in [0.2, 0.25) is 0 Å². The summed E-state index contributed by atoms with van der Waals surface area (Å²) in [5.41, 5.74) is 1.88. The second kappa shape index (κ2) is 8.36. The zero-order valence-corrected chi connectivity index (χ0v) is 13.7. The number of hydrogen-bond donors (Lipinski definition) is 1. The van der Waals surface area contributed by atoms with Crippen LogP contribution in [0.2, 0.25) is 0 Å². The van der Waals surface area contributed by atoms with Crippen molar-refractivity contribution in [1.29, 1.82) is 0 Å². The Bertz CT molecular complexity index is 417. The highest BCUT2D eigenvalue weighted by Crippen LogP contribution is 2.19. The van der Waals surface area contributed by atoms with Crippen molar-refractivity contribution in [3.05, 3.63) is 33.8 Å². The van der Waals surface area contributed by atoms with E-state index in [-0.39, 0.29) is 5.91 Å². The number of amides is 1. The summed E-state index contributed by atoms with van der Waals surface area (Å²) < 4.78 is 0.871. The van der Waals surface area contributed by atoms with Gasteiger partial charge in [-0.3, -0.25) is 4.79 Å². The van der Waals surface area contributed by atoms with Gasteiger partial charge in [-0.05, 0) is 53.4 Å². The zero-order valence-electron chi connectivity index (χ0n) is 12.1. The molecule has 0 spiro atoms. The highest BCUT2D eigenvalue weighted by Gasteiger charge is 2.14. The van der Waals surface area contributed by atoms with Crippen LogP contribution in [0.3, 0.4) is 0 Å². The Balaban J connectivity index is 2.69. The quantitative estimate of drug-likeness (QED) is 0.763. The molecule has 1 amide bonds. The van der Waals surface area contributed by atoms with E-state index in [0.29, 0.717) is 6.04 Å². The number of unbranched alkanes of at least 4 members (excludes halogenated alkanes) is 1. The number of rotatable bonds is 7. The number of carbonyl (C=O) groups is 1. The Morgan fingerprint density at radius 3 is 2.58 bits per heavy atom. The molecule has 1 atom stereocenters. The molecule has 0 aromatic heterocycles. The molecule has 0 heterocycles. The van der Waals surface area contributed by atoms with E-state index in [1.807, 2.05) is 25.1 Å². The SMILES string of the molecule is CCCCC(CCC)NC(=O)c1ccc(C)cc1Br. The smallest absolute Gasteiger partial charge is 0.252 e. The molecule has 106 valence electrons. The minimum atomic E-state index is 0.0291. The molecule has 0 aliphatic carbocycles. The molecule has 0 saturated carbocycles. The summed E-state index contributed by atoms with van der Waals surface area (Å²) in [6.07, 6.45) is 5.56. The average molecular weight is 326 g/mol. The van der Waals surface area contributed by atoms with Crippen molar-refractivity contribution in [1.82, 2.24) is 5.32 Å². The van der Waals surface area contributed by atoms with E-state index >= 15 is 0 Å². The number of halogens is 1. The lowest BCUT2D eigenvalue weighted by Crippen LogP contribution is -2.35. The van der Waals surface area contributed by atoms with Crippen LogP contribution in [0.25, 0.3) is 0 Å². The Hall–Kier alpha value is -0.830. The summed E-state index contributed by atoms with van der Waals surface area (Å²) in [7, 11) is 0. The van der Waals surface area contributed by atoms with Crippen molar-refractivity contribution in [2.24, 2.45) is 0 Å². The molecular formula is C16H24BrNO. The van der Waals surface area contributed by atoms with Crippen LogP contribution >= 0.6 is 15.9 Å². The summed E-state index contributed by atoms with van der Waals surface area (Å²) >= 11 is 3.47. The van der Waals surface area contributed by atoms with Crippen molar-refractivity contribution < 1.29 is 4.79 Å². The van der Waals surface area contributed by atoms with Crippen molar-refractivity contribution >= 4 is 21.8 Å². The molecule has 1 N–H and O–H groups in total. The first-order valence-electron chi connectivity index (χ1n) is 7.15. The molecule has 2 nitrogen and oxygen atoms in total. The average Bonchev–Trinajstić information content (AvgIpc) is 2.36. The van der Waals surface area contributed by atoms with Crippen LogP contribution < -0.4 is 5.32 Å². The van der Waals surface area contributed by atoms with Gasteiger partial charge in [0.1, 0.15) is 0 Å². The van der Waals surface area contributed by atoms with E-state index in [1.54, 1.807) is 0 Å². The summed E-state index contributed by atoms with van der Waals surface area (Å²) in [6, 6.07) is 6.14. The monoisotopic (exact) mass is 325 g/mol. The fraction of sp³-hybridized carbons (Fsp3) is 0.562. The minimum Gasteiger partial charge on any atom is -0.349 e. The van der Waals surface area contributed by atoms with E-state index in [2.05, 4.69) is 35.1 Å². The molecule has 1 aromatic carbocycles. The van der Waals surface area contributed by atoms with E-state index in [4.69, 9.17) is 0 Å². The van der Waals surface area contributed by atoms with E-state index < -0.39 is 0 Å². The van der Waals surface area contributed by atoms with Gasteiger partial charge in [0.25, 0.3) is 5.91 Å². The third-order valence-electron chi connectivity index (χ3n) is 3.25. The molecule has 0 aliphatic rings. The van der Waals surface area contributed by atoms with Gasteiger partial charge in [0, 0.05) is 10.5 Å². The number of aryl methyl sites for hydroxylation is 1. The second-order valence-corrected chi connectivity index (χ2v) is 5.94. The largest absolute Gasteiger partial charge is 0.349 e. The van der Waals surface area contributed by atoms with Crippen LogP contribution in [0.5, 0.6) is 0 Å². The standard InChI is InChI=1S/C16H24BrNO/c1-4-6-8-13(7-5-2)18-16(19)14-10-9-12(3)11-15(14)17/h9-11,13H,4-8H2,1-3H3,(H,18,19). The number of benzene rings is 1. The van der Waals surface area contributed by atoms with Crippen LogP contribution in [0, 0.1) is 6.92 Å². The van der Waals surface area contributed by atoms with Crippen molar-refractivity contribution in [3.63, 3.8) is 0 Å². The number of nitrogens with one attached hydrogen (secondary N) is 1. The maximum Gasteiger partial charge on any atom is 0.252 e. The lowest BCUT2D eigenvalue weighted by Gasteiger charge is -2.18. The summed E-state index contributed by atoms with van der Waals surface area (Å²) in [6.45, 7) is 6.36. The third kappa shape index (κ3) is 5.35. The van der Waals surface area contributed by atoms with Crippen molar-refractivity contribution in [2.75, 3.05) is 0 Å². The summed E-state index contributed by atoms with van der Waals surface area (Å²) in [5, 5.41) is 3.16. The lowest BCUT2D eigenvalue weighted by atomic mass is 10.0. The summed E-state index contributed by atoms with van der Waals surface area (Å²) in [5.74, 6) is 0.0291. The fourth-order valence-corrected chi connectivity index (χ4v) is 2.83. The lowest BCUT2D eigenvalue weighted by molar-refractivity contribution is 0.0931. The maximum atomic E-state index is 12.3. The van der Waals surface area contributed by atoms with Crippen LogP contribution in [0.15, 0.2) is 22.7 Å². The van der Waals surface area contributed by atoms with Gasteiger partial charge < -0.3 is 5.32 Å². The van der Waals surface area contributed by atoms with Crippen LogP contribution in [-0.4, -0.2) is 11.9 Å². The van der Waals surface area contributed by atoms with Gasteiger partial charge in [-0.1, -0.05) is 39.2 Å². The Labute approximate surface area is 125 Å². The predicted molar refractivity (Wildman–Crippen MR) is 84.6 cm³/mol. The van der Waals surface area contributed by atoms with Crippen molar-refractivity contribution in [3.8, 4) is 0 Å². The maximum absolute atomic E-state index is 12.3. The molecule has 0 aliphatic heterocycles. The molecule has 0 radical (unpaired) electrons. The number of hydrogen-bond acceptors (Lipinski definition) is 1. The molecule has 1 unspecified atom stereocenters. The predicted octanol–water partition coefficient (Wildman–Crippen LogP) is 4.85. The highest BCUT2D eigenvalue weighted by molar-refractivity contribution is 9.10. The first-order valence-corrected chi connectivity index (χ1v) is 7.94. The topological polar surface area (TPSA) is 29.1 Å². The van der Waals surface area contributed by atoms with E-state index in [0.717, 1.165) is 34.9 Å². The van der Waals surface area contributed by atoms with Crippen molar-refractivity contribution in [2.45, 2.75) is 58.9 Å². The van der Waals surface area contributed by atoms with Gasteiger partial charge in [-0.2, -0.15) is 0 Å².